The van der Waals surface area contributed by atoms with Gasteiger partial charge in [-0.2, -0.15) is 17.4 Å². The van der Waals surface area contributed by atoms with E-state index in [4.69, 9.17) is 9.47 Å². The number of hydrogen-bond acceptors (Lipinski definition) is 7. The Morgan fingerprint density at radius 1 is 0.953 bits per heavy atom. The summed E-state index contributed by atoms with van der Waals surface area (Å²) in [6.45, 7) is 10.7. The Hall–Kier alpha value is -3.19. The highest BCUT2D eigenvalue weighted by molar-refractivity contribution is 7.87. The normalized spacial score (nSPS) is 14.2. The molecule has 0 radical (unpaired) electrons. The number of nitrogens with zero attached hydrogens (tertiary/aromatic N) is 1. The summed E-state index contributed by atoms with van der Waals surface area (Å²) in [6.07, 6.45) is -1.61. The third kappa shape index (κ3) is 13.3. The molecule has 2 aromatic rings. The molecule has 0 aliphatic rings. The lowest BCUT2D eigenvalue weighted by molar-refractivity contribution is -0.126. The molecule has 0 aliphatic heterocycles. The first-order chi connectivity index (χ1) is 20.1. The van der Waals surface area contributed by atoms with Crippen LogP contribution in [0.4, 0.5) is 4.79 Å². The molecule has 4 N–H and O–H groups in total. The second-order valence-corrected chi connectivity index (χ2v) is 13.8. The standard InChI is InChI=1S/C31H48N4O7S/c1-22(2)19-35(43(39,40)34-31(4,5)6)20-28(36)27(17-24-11-9-8-10-12-24)33-29(37)23(3)18-32-30(38)42-21-25-13-15-26(41-7)16-14-25/h8-16,22-23,27-28,34,36H,17-21H2,1-7H3,(H,32,38)(H,33,37)/t23-,27+,28-/m1/s1. The molecule has 12 heteroatoms. The fourth-order valence-electron chi connectivity index (χ4n) is 4.19. The van der Waals surface area contributed by atoms with E-state index in [2.05, 4.69) is 15.4 Å². The molecule has 43 heavy (non-hydrogen) atoms. The number of carbonyl (C=O) groups excluding carboxylic acids is 2. The predicted octanol–water partition coefficient (Wildman–Crippen LogP) is 3.24. The molecular weight excluding hydrogens is 572 g/mol. The van der Waals surface area contributed by atoms with Crippen molar-refractivity contribution in [2.24, 2.45) is 11.8 Å². The van der Waals surface area contributed by atoms with Gasteiger partial charge in [0, 0.05) is 25.2 Å². The van der Waals surface area contributed by atoms with E-state index >= 15 is 0 Å². The van der Waals surface area contributed by atoms with Gasteiger partial charge in [0.15, 0.2) is 0 Å². The second kappa shape index (κ2) is 16.6. The third-order valence-electron chi connectivity index (χ3n) is 6.35. The van der Waals surface area contributed by atoms with E-state index < -0.39 is 45.8 Å². The zero-order chi connectivity index (χ0) is 32.2. The number of benzene rings is 2. The van der Waals surface area contributed by atoms with Crippen LogP contribution in [-0.4, -0.2) is 74.3 Å². The van der Waals surface area contributed by atoms with Gasteiger partial charge in [-0.15, -0.1) is 0 Å². The topological polar surface area (TPSA) is 146 Å². The van der Waals surface area contributed by atoms with Gasteiger partial charge in [0.2, 0.25) is 5.91 Å². The van der Waals surface area contributed by atoms with E-state index in [0.29, 0.717) is 5.75 Å². The van der Waals surface area contributed by atoms with E-state index in [-0.39, 0.29) is 38.6 Å². The van der Waals surface area contributed by atoms with Crippen LogP contribution in [0.15, 0.2) is 54.6 Å². The minimum atomic E-state index is -3.93. The van der Waals surface area contributed by atoms with Crippen LogP contribution in [0.3, 0.4) is 0 Å². The van der Waals surface area contributed by atoms with Gasteiger partial charge in [-0.25, -0.2) is 4.79 Å². The number of carbonyl (C=O) groups is 2. The Bertz CT molecular complexity index is 1250. The van der Waals surface area contributed by atoms with Crippen molar-refractivity contribution < 1.29 is 32.6 Å². The Labute approximate surface area is 256 Å². The monoisotopic (exact) mass is 620 g/mol. The van der Waals surface area contributed by atoms with Gasteiger partial charge in [0.05, 0.1) is 25.2 Å². The SMILES string of the molecule is COc1ccc(COC(=O)NC[C@@H](C)C(=O)N[C@@H](Cc2ccccc2)[C@H](O)CN(CC(C)C)S(=O)(=O)NC(C)(C)C)cc1. The largest absolute Gasteiger partial charge is 0.497 e. The maximum absolute atomic E-state index is 13.2. The zero-order valence-electron chi connectivity index (χ0n) is 26.3. The van der Waals surface area contributed by atoms with E-state index in [0.717, 1.165) is 11.1 Å². The van der Waals surface area contributed by atoms with Crippen molar-refractivity contribution in [1.82, 2.24) is 19.7 Å². The number of ether oxygens (including phenoxy) is 2. The lowest BCUT2D eigenvalue weighted by Gasteiger charge is -2.33. The maximum Gasteiger partial charge on any atom is 0.407 e. The van der Waals surface area contributed by atoms with Crippen LogP contribution < -0.4 is 20.1 Å². The van der Waals surface area contributed by atoms with E-state index in [1.165, 1.54) is 4.31 Å². The predicted molar refractivity (Wildman–Crippen MR) is 167 cm³/mol. The number of rotatable bonds is 16. The quantitative estimate of drug-likeness (QED) is 0.225. The van der Waals surface area contributed by atoms with Crippen LogP contribution in [0.5, 0.6) is 5.75 Å². The molecule has 11 nitrogen and oxygen atoms in total. The highest BCUT2D eigenvalue weighted by Crippen LogP contribution is 2.15. The van der Waals surface area contributed by atoms with Gasteiger partial charge < -0.3 is 25.2 Å². The first kappa shape index (κ1) is 36.0. The van der Waals surface area contributed by atoms with Gasteiger partial charge in [0.1, 0.15) is 12.4 Å². The maximum atomic E-state index is 13.2. The molecule has 240 valence electrons. The molecule has 2 amide bonds. The van der Waals surface area contributed by atoms with E-state index in [1.54, 1.807) is 59.1 Å². The van der Waals surface area contributed by atoms with Crippen molar-refractivity contribution in [1.29, 1.82) is 0 Å². The van der Waals surface area contributed by atoms with Crippen molar-refractivity contribution in [3.05, 3.63) is 65.7 Å². The van der Waals surface area contributed by atoms with Crippen molar-refractivity contribution >= 4 is 22.2 Å². The molecule has 0 fully saturated rings. The van der Waals surface area contributed by atoms with Gasteiger partial charge in [-0.05, 0) is 56.4 Å². The number of alkyl carbamates (subject to hydrolysis) is 1. The highest BCUT2D eigenvalue weighted by Gasteiger charge is 2.33. The molecule has 0 aromatic heterocycles. The van der Waals surface area contributed by atoms with Crippen molar-refractivity contribution in [3.8, 4) is 5.75 Å². The fraction of sp³-hybridized carbons (Fsp3) is 0.548. The van der Waals surface area contributed by atoms with Crippen LogP contribution in [0, 0.1) is 11.8 Å². The lowest BCUT2D eigenvalue weighted by Crippen LogP contribution is -2.56. The molecule has 0 spiro atoms. The van der Waals surface area contributed by atoms with Crippen LogP contribution >= 0.6 is 0 Å². The summed E-state index contributed by atoms with van der Waals surface area (Å²) in [6, 6.07) is 15.6. The fourth-order valence-corrected chi connectivity index (χ4v) is 5.94. The Balaban J connectivity index is 2.07. The summed E-state index contributed by atoms with van der Waals surface area (Å²) in [5, 5.41) is 16.8. The Morgan fingerprint density at radius 3 is 2.14 bits per heavy atom. The summed E-state index contributed by atoms with van der Waals surface area (Å²) in [5.74, 6) is -0.361. The number of nitrogens with one attached hydrogen (secondary N) is 3. The molecular formula is C31H48N4O7S. The van der Waals surface area contributed by atoms with Gasteiger partial charge in [0.25, 0.3) is 10.2 Å². The average molecular weight is 621 g/mol. The number of methoxy groups -OCH3 is 1. The lowest BCUT2D eigenvalue weighted by atomic mass is 9.99. The summed E-state index contributed by atoms with van der Waals surface area (Å²) in [7, 11) is -2.36. The molecule has 2 rings (SSSR count). The minimum absolute atomic E-state index is 0.00137. The summed E-state index contributed by atoms with van der Waals surface area (Å²) in [5.41, 5.74) is 0.936. The number of aliphatic hydroxyl groups is 1. The highest BCUT2D eigenvalue weighted by atomic mass is 32.2. The van der Waals surface area contributed by atoms with Crippen LogP contribution in [-0.2, 0) is 32.8 Å². The summed E-state index contributed by atoms with van der Waals surface area (Å²) < 4.78 is 40.6. The number of amides is 2. The van der Waals surface area contributed by atoms with Crippen LogP contribution in [0.25, 0.3) is 0 Å². The van der Waals surface area contributed by atoms with Gasteiger partial charge >= 0.3 is 6.09 Å². The third-order valence-corrected chi connectivity index (χ3v) is 8.20. The smallest absolute Gasteiger partial charge is 0.407 e. The van der Waals surface area contributed by atoms with Crippen molar-refractivity contribution in [2.45, 2.75) is 72.3 Å². The molecule has 3 atom stereocenters. The first-order valence-corrected chi connectivity index (χ1v) is 15.9. The Morgan fingerprint density at radius 2 is 1.58 bits per heavy atom. The molecule has 0 unspecified atom stereocenters. The zero-order valence-corrected chi connectivity index (χ0v) is 27.1. The molecule has 0 bridgehead atoms. The van der Waals surface area contributed by atoms with Crippen LogP contribution in [0.2, 0.25) is 0 Å². The molecule has 0 saturated carbocycles. The van der Waals surface area contributed by atoms with Gasteiger partial charge in [-0.3, -0.25) is 4.79 Å². The Kier molecular flexibility index (Phi) is 13.9. The first-order valence-electron chi connectivity index (χ1n) is 14.4. The number of hydrogen-bond donors (Lipinski definition) is 4. The molecule has 2 aromatic carbocycles. The van der Waals surface area contributed by atoms with Crippen molar-refractivity contribution in [2.75, 3.05) is 26.7 Å². The molecule has 0 aliphatic carbocycles. The van der Waals surface area contributed by atoms with Crippen molar-refractivity contribution in [3.63, 3.8) is 0 Å². The van der Waals surface area contributed by atoms with E-state index in [9.17, 15) is 23.1 Å². The summed E-state index contributed by atoms with van der Waals surface area (Å²) >= 11 is 0. The second-order valence-electron chi connectivity index (χ2n) is 12.1. The minimum Gasteiger partial charge on any atom is -0.497 e. The number of aliphatic hydroxyl groups excluding tert-OH is 1. The summed E-state index contributed by atoms with van der Waals surface area (Å²) in [4.78, 5) is 25.4. The molecule has 0 heterocycles. The molecule has 0 saturated heterocycles. The van der Waals surface area contributed by atoms with Gasteiger partial charge in [-0.1, -0.05) is 63.2 Å². The van der Waals surface area contributed by atoms with E-state index in [1.807, 2.05) is 44.2 Å². The van der Waals surface area contributed by atoms with Crippen LogP contribution in [0.1, 0.15) is 52.7 Å². The average Bonchev–Trinajstić information content (AvgIpc) is 2.93.